The molecule has 0 saturated heterocycles. The van der Waals surface area contributed by atoms with E-state index >= 15 is 0 Å². The van der Waals surface area contributed by atoms with Crippen LogP contribution in [0.4, 0.5) is 0 Å². The van der Waals surface area contributed by atoms with Crippen molar-refractivity contribution in [3.63, 3.8) is 0 Å². The third kappa shape index (κ3) is 4.78. The van der Waals surface area contributed by atoms with Gasteiger partial charge in [0.05, 0.1) is 13.2 Å². The second-order valence-electron chi connectivity index (χ2n) is 3.96. The van der Waals surface area contributed by atoms with Gasteiger partial charge in [0, 0.05) is 15.7 Å². The second kappa shape index (κ2) is 7.43. The number of hydrogen-bond donors (Lipinski definition) is 1. The van der Waals surface area contributed by atoms with Crippen LogP contribution in [0.15, 0.2) is 53.4 Å². The average Bonchev–Trinajstić information content (AvgIpc) is 2.44. The Morgan fingerprint density at radius 2 is 1.89 bits per heavy atom. The van der Waals surface area contributed by atoms with E-state index in [-0.39, 0.29) is 6.61 Å². The maximum atomic E-state index is 8.95. The highest BCUT2D eigenvalue weighted by Gasteiger charge is 1.97. The smallest absolute Gasteiger partial charge is 0.120 e. The van der Waals surface area contributed by atoms with Gasteiger partial charge in [-0.15, -0.1) is 11.8 Å². The van der Waals surface area contributed by atoms with Gasteiger partial charge in [-0.25, -0.2) is 0 Å². The zero-order valence-corrected chi connectivity index (χ0v) is 12.0. The normalized spacial score (nSPS) is 10.4. The van der Waals surface area contributed by atoms with Crippen LogP contribution < -0.4 is 4.74 Å². The Bertz CT molecular complexity index is 514. The summed E-state index contributed by atoms with van der Waals surface area (Å²) in [5, 5.41) is 9.64. The Hall–Kier alpha value is -1.16. The molecule has 2 rings (SSSR count). The molecule has 100 valence electrons. The van der Waals surface area contributed by atoms with E-state index in [2.05, 4.69) is 0 Å². The highest BCUT2D eigenvalue weighted by molar-refractivity contribution is 7.99. The molecule has 0 aromatic heterocycles. The molecule has 0 radical (unpaired) electrons. The molecule has 0 atom stereocenters. The standard InChI is InChI=1S/C15H15ClO2S/c16-13-2-1-3-14(10-13)18-8-9-19-15-6-4-12(11-17)5-7-15/h1-7,10,17H,8-9,11H2. The molecule has 0 aliphatic heterocycles. The van der Waals surface area contributed by atoms with Gasteiger partial charge in [-0.2, -0.15) is 0 Å². The van der Waals surface area contributed by atoms with Crippen LogP contribution in [0.25, 0.3) is 0 Å². The van der Waals surface area contributed by atoms with Crippen molar-refractivity contribution in [3.8, 4) is 5.75 Å². The summed E-state index contributed by atoms with van der Waals surface area (Å²) in [6.45, 7) is 0.718. The summed E-state index contributed by atoms with van der Waals surface area (Å²) in [6, 6.07) is 15.3. The van der Waals surface area contributed by atoms with Crippen molar-refractivity contribution in [1.29, 1.82) is 0 Å². The molecule has 4 heteroatoms. The summed E-state index contributed by atoms with van der Waals surface area (Å²) in [4.78, 5) is 1.17. The number of aliphatic hydroxyl groups is 1. The van der Waals surface area contributed by atoms with Gasteiger partial charge < -0.3 is 9.84 Å². The molecule has 0 amide bonds. The first-order chi connectivity index (χ1) is 9.28. The number of benzene rings is 2. The van der Waals surface area contributed by atoms with Crippen molar-refractivity contribution >= 4 is 23.4 Å². The van der Waals surface area contributed by atoms with E-state index in [4.69, 9.17) is 21.4 Å². The number of ether oxygens (including phenoxy) is 1. The molecule has 0 bridgehead atoms. The van der Waals surface area contributed by atoms with Crippen molar-refractivity contribution < 1.29 is 9.84 Å². The molecule has 0 saturated carbocycles. The second-order valence-corrected chi connectivity index (χ2v) is 5.56. The molecule has 19 heavy (non-hydrogen) atoms. The lowest BCUT2D eigenvalue weighted by Crippen LogP contribution is -1.99. The Morgan fingerprint density at radius 1 is 1.11 bits per heavy atom. The van der Waals surface area contributed by atoms with Gasteiger partial charge in [0.25, 0.3) is 0 Å². The molecule has 2 aromatic rings. The minimum Gasteiger partial charge on any atom is -0.493 e. The van der Waals surface area contributed by atoms with E-state index in [1.165, 1.54) is 4.90 Å². The molecule has 0 heterocycles. The maximum Gasteiger partial charge on any atom is 0.120 e. The van der Waals surface area contributed by atoms with Crippen molar-refractivity contribution in [2.75, 3.05) is 12.4 Å². The molecule has 2 aromatic carbocycles. The zero-order chi connectivity index (χ0) is 13.5. The first kappa shape index (κ1) is 14.3. The molecule has 0 aliphatic rings. The van der Waals surface area contributed by atoms with E-state index in [9.17, 15) is 0 Å². The van der Waals surface area contributed by atoms with Gasteiger partial charge in [-0.1, -0.05) is 29.8 Å². The van der Waals surface area contributed by atoms with Crippen LogP contribution in [-0.4, -0.2) is 17.5 Å². The van der Waals surface area contributed by atoms with Gasteiger partial charge in [-0.05, 0) is 35.9 Å². The van der Waals surface area contributed by atoms with Crippen LogP contribution in [0.1, 0.15) is 5.56 Å². The van der Waals surface area contributed by atoms with E-state index < -0.39 is 0 Å². The van der Waals surface area contributed by atoms with E-state index in [0.717, 1.165) is 17.1 Å². The fraction of sp³-hybridized carbons (Fsp3) is 0.200. The van der Waals surface area contributed by atoms with Crippen LogP contribution in [0, 0.1) is 0 Å². The fourth-order valence-electron chi connectivity index (χ4n) is 1.57. The predicted octanol–water partition coefficient (Wildman–Crippen LogP) is 4.00. The van der Waals surface area contributed by atoms with Gasteiger partial charge in [0.2, 0.25) is 0 Å². The molecular formula is C15H15ClO2S. The summed E-state index contributed by atoms with van der Waals surface area (Å²) in [6.07, 6.45) is 0. The summed E-state index contributed by atoms with van der Waals surface area (Å²) in [5.74, 6) is 1.66. The van der Waals surface area contributed by atoms with Crippen LogP contribution >= 0.6 is 23.4 Å². The minimum atomic E-state index is 0.0861. The monoisotopic (exact) mass is 294 g/mol. The Morgan fingerprint density at radius 3 is 2.58 bits per heavy atom. The molecule has 0 unspecified atom stereocenters. The van der Waals surface area contributed by atoms with E-state index in [0.29, 0.717) is 11.6 Å². The first-order valence-corrected chi connectivity index (χ1v) is 7.35. The topological polar surface area (TPSA) is 29.5 Å². The van der Waals surface area contributed by atoms with Crippen LogP contribution in [0.5, 0.6) is 5.75 Å². The quantitative estimate of drug-likeness (QED) is 0.645. The zero-order valence-electron chi connectivity index (χ0n) is 10.4. The van der Waals surface area contributed by atoms with Gasteiger partial charge >= 0.3 is 0 Å². The number of rotatable bonds is 6. The minimum absolute atomic E-state index is 0.0861. The number of halogens is 1. The van der Waals surface area contributed by atoms with E-state index in [1.54, 1.807) is 11.8 Å². The summed E-state index contributed by atoms with van der Waals surface area (Å²) < 4.78 is 5.61. The van der Waals surface area contributed by atoms with Gasteiger partial charge in [-0.3, -0.25) is 0 Å². The molecule has 0 aliphatic carbocycles. The SMILES string of the molecule is OCc1ccc(SCCOc2cccc(Cl)c2)cc1. The highest BCUT2D eigenvalue weighted by Crippen LogP contribution is 2.20. The molecule has 1 N–H and O–H groups in total. The van der Waals surface area contributed by atoms with Crippen molar-refractivity contribution in [2.24, 2.45) is 0 Å². The van der Waals surface area contributed by atoms with E-state index in [1.807, 2.05) is 48.5 Å². The third-order valence-electron chi connectivity index (χ3n) is 2.52. The molecule has 2 nitrogen and oxygen atoms in total. The number of hydrogen-bond acceptors (Lipinski definition) is 3. The van der Waals surface area contributed by atoms with Crippen LogP contribution in [0.3, 0.4) is 0 Å². The van der Waals surface area contributed by atoms with Crippen molar-refractivity contribution in [2.45, 2.75) is 11.5 Å². The van der Waals surface area contributed by atoms with Crippen molar-refractivity contribution in [1.82, 2.24) is 0 Å². The Balaban J connectivity index is 1.74. The third-order valence-corrected chi connectivity index (χ3v) is 3.73. The fourth-order valence-corrected chi connectivity index (χ4v) is 2.48. The molecule has 0 spiro atoms. The van der Waals surface area contributed by atoms with Crippen molar-refractivity contribution in [3.05, 3.63) is 59.1 Å². The number of aliphatic hydroxyl groups excluding tert-OH is 1. The van der Waals surface area contributed by atoms with Crippen LogP contribution in [0.2, 0.25) is 5.02 Å². The lowest BCUT2D eigenvalue weighted by atomic mass is 10.2. The molecule has 0 fully saturated rings. The molecular weight excluding hydrogens is 280 g/mol. The summed E-state index contributed by atoms with van der Waals surface area (Å²) in [7, 11) is 0. The lowest BCUT2D eigenvalue weighted by Gasteiger charge is -2.06. The maximum absolute atomic E-state index is 8.95. The van der Waals surface area contributed by atoms with Crippen LogP contribution in [-0.2, 0) is 6.61 Å². The summed E-state index contributed by atoms with van der Waals surface area (Å²) in [5.41, 5.74) is 0.930. The Labute approximate surface area is 122 Å². The largest absolute Gasteiger partial charge is 0.493 e. The predicted molar refractivity (Wildman–Crippen MR) is 80.0 cm³/mol. The first-order valence-electron chi connectivity index (χ1n) is 5.99. The lowest BCUT2D eigenvalue weighted by molar-refractivity contribution is 0.282. The highest BCUT2D eigenvalue weighted by atomic mass is 35.5. The number of thioether (sulfide) groups is 1. The average molecular weight is 295 g/mol. The Kier molecular flexibility index (Phi) is 5.58. The summed E-state index contributed by atoms with van der Waals surface area (Å²) >= 11 is 7.60. The van der Waals surface area contributed by atoms with Gasteiger partial charge in [0.15, 0.2) is 0 Å². The van der Waals surface area contributed by atoms with Gasteiger partial charge in [0.1, 0.15) is 5.75 Å².